The third-order valence-electron chi connectivity index (χ3n) is 6.53. The topological polar surface area (TPSA) is 139 Å². The van der Waals surface area contributed by atoms with Gasteiger partial charge in [0, 0.05) is 43.5 Å². The highest BCUT2D eigenvalue weighted by Crippen LogP contribution is 2.33. The van der Waals surface area contributed by atoms with E-state index in [1.807, 2.05) is 6.92 Å². The van der Waals surface area contributed by atoms with Crippen molar-refractivity contribution < 1.29 is 26.8 Å². The standard InChI is InChI=1S/C23H24F2N6O4S/c1-13-12-27-22(33)18-10-14-2-4-17(28-20(14)31(13)18)21(32)29-16-5-3-15(11-19(16)36(26,34)35)30-8-6-23(24,25)7-9-30/h2-5,10-11,13H,6-9,12H2,1H3,(H,27,33)(H,29,32)(H2,26,34,35)/t13-/m1/s1. The molecule has 2 aliphatic heterocycles. The summed E-state index contributed by atoms with van der Waals surface area (Å²) in [5.41, 5.74) is 1.28. The molecular weight excluding hydrogens is 494 g/mol. The number of piperidine rings is 1. The predicted molar refractivity (Wildman–Crippen MR) is 129 cm³/mol. The number of hydrogen-bond acceptors (Lipinski definition) is 6. The maximum atomic E-state index is 13.5. The van der Waals surface area contributed by atoms with Gasteiger partial charge in [-0.15, -0.1) is 0 Å². The lowest BCUT2D eigenvalue weighted by atomic mass is 10.1. The van der Waals surface area contributed by atoms with Crippen molar-refractivity contribution >= 4 is 44.2 Å². The maximum absolute atomic E-state index is 13.5. The highest BCUT2D eigenvalue weighted by molar-refractivity contribution is 7.89. The van der Waals surface area contributed by atoms with Crippen molar-refractivity contribution in [2.24, 2.45) is 5.14 Å². The number of sulfonamides is 1. The Morgan fingerprint density at radius 1 is 1.19 bits per heavy atom. The van der Waals surface area contributed by atoms with Crippen LogP contribution >= 0.6 is 0 Å². The number of rotatable bonds is 4. The van der Waals surface area contributed by atoms with Crippen LogP contribution in [0.25, 0.3) is 11.0 Å². The first-order chi connectivity index (χ1) is 16.9. The third kappa shape index (κ3) is 4.39. The van der Waals surface area contributed by atoms with E-state index in [-0.39, 0.29) is 54.2 Å². The van der Waals surface area contributed by atoms with E-state index in [1.165, 1.54) is 18.2 Å². The summed E-state index contributed by atoms with van der Waals surface area (Å²) in [4.78, 5) is 31.0. The summed E-state index contributed by atoms with van der Waals surface area (Å²) in [6.07, 6.45) is -0.678. The Labute approximate surface area is 205 Å². The average molecular weight is 519 g/mol. The van der Waals surface area contributed by atoms with Crippen LogP contribution < -0.4 is 20.7 Å². The van der Waals surface area contributed by atoms with Crippen molar-refractivity contribution in [3.8, 4) is 0 Å². The molecule has 0 radical (unpaired) electrons. The van der Waals surface area contributed by atoms with Gasteiger partial charge >= 0.3 is 0 Å². The number of carbonyl (C=O) groups is 2. The molecule has 0 bridgehead atoms. The molecule has 10 nitrogen and oxygen atoms in total. The molecule has 1 atom stereocenters. The van der Waals surface area contributed by atoms with E-state index in [2.05, 4.69) is 15.6 Å². The highest BCUT2D eigenvalue weighted by atomic mass is 32.2. The second-order valence-corrected chi connectivity index (χ2v) is 10.6. The van der Waals surface area contributed by atoms with Crippen molar-refractivity contribution in [2.45, 2.75) is 36.6 Å². The van der Waals surface area contributed by atoms with Crippen LogP contribution in [0.3, 0.4) is 0 Å². The number of halogens is 2. The molecule has 2 aliphatic rings. The fourth-order valence-electron chi connectivity index (χ4n) is 4.59. The van der Waals surface area contributed by atoms with E-state index in [9.17, 15) is 26.8 Å². The molecule has 0 unspecified atom stereocenters. The number of carbonyl (C=O) groups excluding carboxylic acids is 2. The summed E-state index contributed by atoms with van der Waals surface area (Å²) >= 11 is 0. The molecular formula is C23H24F2N6O4S. The molecule has 190 valence electrons. The van der Waals surface area contributed by atoms with Gasteiger partial charge in [0.1, 0.15) is 21.9 Å². The largest absolute Gasteiger partial charge is 0.371 e. The van der Waals surface area contributed by atoms with E-state index in [0.717, 1.165) is 0 Å². The SMILES string of the molecule is C[C@@H]1CNC(=O)c2cc3ccc(C(=O)Nc4ccc(N5CCC(F)(F)CC5)cc4S(N)(=O)=O)nc3n21. The van der Waals surface area contributed by atoms with Crippen LogP contribution in [-0.2, 0) is 10.0 Å². The number of fused-ring (bicyclic) bond motifs is 3. The lowest BCUT2D eigenvalue weighted by Crippen LogP contribution is -2.39. The Morgan fingerprint density at radius 2 is 1.92 bits per heavy atom. The zero-order chi connectivity index (χ0) is 25.8. The maximum Gasteiger partial charge on any atom is 0.274 e. The minimum absolute atomic E-state index is 0.0179. The van der Waals surface area contributed by atoms with Gasteiger partial charge in [-0.05, 0) is 43.3 Å². The van der Waals surface area contributed by atoms with Gasteiger partial charge in [-0.1, -0.05) is 0 Å². The van der Waals surface area contributed by atoms with Gasteiger partial charge in [-0.25, -0.2) is 27.3 Å². The van der Waals surface area contributed by atoms with Gasteiger partial charge in [0.25, 0.3) is 17.7 Å². The van der Waals surface area contributed by atoms with Crippen LogP contribution in [0, 0.1) is 0 Å². The Morgan fingerprint density at radius 3 is 2.61 bits per heavy atom. The molecule has 1 fully saturated rings. The molecule has 3 aromatic rings. The molecule has 4 heterocycles. The fourth-order valence-corrected chi connectivity index (χ4v) is 5.30. The lowest BCUT2D eigenvalue weighted by molar-refractivity contribution is -0.0220. The first-order valence-electron chi connectivity index (χ1n) is 11.3. The van der Waals surface area contributed by atoms with Crippen molar-refractivity contribution in [2.75, 3.05) is 29.9 Å². The summed E-state index contributed by atoms with van der Waals surface area (Å²) in [5.74, 6) is -3.65. The number of nitrogens with two attached hydrogens (primary N) is 1. The predicted octanol–water partition coefficient (Wildman–Crippen LogP) is 2.48. The zero-order valence-electron chi connectivity index (χ0n) is 19.3. The second-order valence-electron chi connectivity index (χ2n) is 9.09. The molecule has 5 rings (SSSR count). The van der Waals surface area contributed by atoms with Crippen LogP contribution in [0.5, 0.6) is 0 Å². The number of anilines is 2. The number of primary sulfonamides is 1. The summed E-state index contributed by atoms with van der Waals surface area (Å²) in [6.45, 7) is 2.46. The normalized spacial score (nSPS) is 19.6. The summed E-state index contributed by atoms with van der Waals surface area (Å²) in [7, 11) is -4.26. The first-order valence-corrected chi connectivity index (χ1v) is 12.9. The smallest absolute Gasteiger partial charge is 0.274 e. The molecule has 2 aromatic heterocycles. The van der Waals surface area contributed by atoms with Gasteiger partial charge < -0.3 is 20.1 Å². The van der Waals surface area contributed by atoms with Gasteiger partial charge in [0.2, 0.25) is 10.0 Å². The molecule has 13 heteroatoms. The third-order valence-corrected chi connectivity index (χ3v) is 7.48. The average Bonchev–Trinajstić information content (AvgIpc) is 3.21. The minimum Gasteiger partial charge on any atom is -0.371 e. The van der Waals surface area contributed by atoms with Crippen LogP contribution in [0.2, 0.25) is 0 Å². The molecule has 4 N–H and O–H groups in total. The quantitative estimate of drug-likeness (QED) is 0.485. The number of aromatic nitrogens is 2. The second kappa shape index (κ2) is 8.52. The van der Waals surface area contributed by atoms with Gasteiger partial charge in [0.15, 0.2) is 0 Å². The molecule has 0 saturated carbocycles. The molecule has 2 amide bonds. The number of hydrogen-bond donors (Lipinski definition) is 3. The van der Waals surface area contributed by atoms with E-state index >= 15 is 0 Å². The molecule has 0 aliphatic carbocycles. The van der Waals surface area contributed by atoms with Gasteiger partial charge in [0.05, 0.1) is 11.7 Å². The van der Waals surface area contributed by atoms with Crippen molar-refractivity contribution in [1.82, 2.24) is 14.9 Å². The number of benzene rings is 1. The van der Waals surface area contributed by atoms with Crippen LogP contribution in [0.4, 0.5) is 20.2 Å². The monoisotopic (exact) mass is 518 g/mol. The van der Waals surface area contributed by atoms with Gasteiger partial charge in [-0.2, -0.15) is 0 Å². The van der Waals surface area contributed by atoms with Crippen molar-refractivity contribution in [3.05, 3.63) is 47.8 Å². The fraction of sp³-hybridized carbons (Fsp3) is 0.348. The van der Waals surface area contributed by atoms with Crippen LogP contribution in [0.1, 0.15) is 46.8 Å². The Hall–Kier alpha value is -3.58. The number of alkyl halides is 2. The van der Waals surface area contributed by atoms with E-state index in [1.54, 1.807) is 27.7 Å². The zero-order valence-corrected chi connectivity index (χ0v) is 20.1. The summed E-state index contributed by atoms with van der Waals surface area (Å²) < 4.78 is 53.4. The lowest BCUT2D eigenvalue weighted by Gasteiger charge is -2.33. The minimum atomic E-state index is -4.26. The summed E-state index contributed by atoms with van der Waals surface area (Å²) in [6, 6.07) is 8.97. The van der Waals surface area contributed by atoms with Gasteiger partial charge in [-0.3, -0.25) is 9.59 Å². The van der Waals surface area contributed by atoms with Crippen LogP contribution in [-0.4, -0.2) is 55.3 Å². The van der Waals surface area contributed by atoms with Crippen molar-refractivity contribution in [3.63, 3.8) is 0 Å². The van der Waals surface area contributed by atoms with E-state index in [0.29, 0.717) is 29.0 Å². The molecule has 0 spiro atoms. The highest BCUT2D eigenvalue weighted by Gasteiger charge is 2.34. The molecule has 1 aromatic carbocycles. The molecule has 1 saturated heterocycles. The number of nitrogens with one attached hydrogen (secondary N) is 2. The van der Waals surface area contributed by atoms with Crippen LogP contribution in [0.15, 0.2) is 41.3 Å². The number of pyridine rings is 1. The summed E-state index contributed by atoms with van der Waals surface area (Å²) in [5, 5.41) is 11.4. The first kappa shape index (κ1) is 24.1. The van der Waals surface area contributed by atoms with E-state index in [4.69, 9.17) is 5.14 Å². The number of amides is 2. The van der Waals surface area contributed by atoms with E-state index < -0.39 is 21.9 Å². The Bertz CT molecular complexity index is 1490. The molecule has 36 heavy (non-hydrogen) atoms. The Balaban J connectivity index is 1.45. The number of nitrogens with zero attached hydrogens (tertiary/aromatic N) is 3. The Kier molecular flexibility index (Phi) is 5.71. The van der Waals surface area contributed by atoms with Crippen molar-refractivity contribution in [1.29, 1.82) is 0 Å².